The summed E-state index contributed by atoms with van der Waals surface area (Å²) < 4.78 is 19.3. The highest BCUT2D eigenvalue weighted by atomic mass is 19.1. The quantitative estimate of drug-likeness (QED) is 0.899. The van der Waals surface area contributed by atoms with Crippen LogP contribution in [0.15, 0.2) is 24.3 Å². The van der Waals surface area contributed by atoms with Crippen molar-refractivity contribution in [3.05, 3.63) is 35.6 Å². The lowest BCUT2D eigenvalue weighted by molar-refractivity contribution is -0.157. The Labute approximate surface area is 152 Å². The molecule has 1 aliphatic carbocycles. The minimum Gasteiger partial charge on any atom is -0.481 e. The van der Waals surface area contributed by atoms with Crippen LogP contribution in [0.3, 0.4) is 0 Å². The molecule has 1 aromatic carbocycles. The van der Waals surface area contributed by atoms with Gasteiger partial charge >= 0.3 is 5.97 Å². The van der Waals surface area contributed by atoms with E-state index < -0.39 is 16.8 Å². The highest BCUT2D eigenvalue weighted by Gasteiger charge is 2.57. The highest BCUT2D eigenvalue weighted by Crippen LogP contribution is 2.47. The fourth-order valence-electron chi connectivity index (χ4n) is 5.15. The molecule has 1 amide bonds. The van der Waals surface area contributed by atoms with Crippen LogP contribution in [0.4, 0.5) is 4.39 Å². The van der Waals surface area contributed by atoms with E-state index in [9.17, 15) is 19.1 Å². The van der Waals surface area contributed by atoms with E-state index in [0.717, 1.165) is 18.4 Å². The molecule has 140 valence electrons. The number of aliphatic carboxylic acids is 1. The van der Waals surface area contributed by atoms with E-state index in [4.69, 9.17) is 4.74 Å². The van der Waals surface area contributed by atoms with Crippen LogP contribution in [0.5, 0.6) is 0 Å². The normalized spacial score (nSPS) is 30.2. The summed E-state index contributed by atoms with van der Waals surface area (Å²) >= 11 is 0. The molecular weight excluding hydrogens is 337 g/mol. The summed E-state index contributed by atoms with van der Waals surface area (Å²) in [5, 5.41) is 9.84. The molecule has 0 bridgehead atoms. The van der Waals surface area contributed by atoms with Crippen molar-refractivity contribution in [2.75, 3.05) is 26.3 Å². The molecule has 2 heterocycles. The highest BCUT2D eigenvalue weighted by molar-refractivity contribution is 5.90. The number of carboxylic acid groups (broad SMARTS) is 1. The minimum atomic E-state index is -0.907. The summed E-state index contributed by atoms with van der Waals surface area (Å²) in [6.45, 7) is 1.43. The van der Waals surface area contributed by atoms with Gasteiger partial charge in [-0.05, 0) is 37.0 Å². The number of benzene rings is 1. The lowest BCUT2D eigenvalue weighted by Crippen LogP contribution is -2.47. The number of amides is 1. The maximum absolute atomic E-state index is 13.8. The molecule has 0 aromatic heterocycles. The first-order chi connectivity index (χ1) is 12.5. The number of carboxylic acids is 1. The zero-order chi connectivity index (χ0) is 18.4. The summed E-state index contributed by atoms with van der Waals surface area (Å²) in [6.07, 6.45) is 3.66. The summed E-state index contributed by atoms with van der Waals surface area (Å²) in [7, 11) is 0. The molecule has 6 heteroatoms. The maximum Gasteiger partial charge on any atom is 0.311 e. The summed E-state index contributed by atoms with van der Waals surface area (Å²) in [4.78, 5) is 27.3. The van der Waals surface area contributed by atoms with Crippen molar-refractivity contribution >= 4 is 11.9 Å². The van der Waals surface area contributed by atoms with Gasteiger partial charge in [0.15, 0.2) is 0 Å². The van der Waals surface area contributed by atoms with Crippen LogP contribution in [-0.4, -0.2) is 48.2 Å². The van der Waals surface area contributed by atoms with Crippen LogP contribution in [0.25, 0.3) is 0 Å². The van der Waals surface area contributed by atoms with Crippen LogP contribution >= 0.6 is 0 Å². The SMILES string of the molecule is O=C(N1C[C@H]2COCC[C@@]2(C(=O)O)C1)C1(c2cccc(F)c2)CCCC1. The fourth-order valence-corrected chi connectivity index (χ4v) is 5.15. The molecule has 1 saturated carbocycles. The van der Waals surface area contributed by atoms with Crippen molar-refractivity contribution in [2.45, 2.75) is 37.5 Å². The van der Waals surface area contributed by atoms with E-state index in [1.54, 1.807) is 11.0 Å². The zero-order valence-corrected chi connectivity index (χ0v) is 14.7. The molecule has 4 rings (SSSR count). The van der Waals surface area contributed by atoms with Gasteiger partial charge in [-0.2, -0.15) is 0 Å². The molecule has 1 N–H and O–H groups in total. The molecule has 2 aliphatic heterocycles. The van der Waals surface area contributed by atoms with Gasteiger partial charge in [-0.1, -0.05) is 25.0 Å². The number of ether oxygens (including phenoxy) is 1. The monoisotopic (exact) mass is 361 g/mol. The molecule has 0 radical (unpaired) electrons. The van der Waals surface area contributed by atoms with Crippen molar-refractivity contribution in [3.8, 4) is 0 Å². The number of fused-ring (bicyclic) bond motifs is 1. The van der Waals surface area contributed by atoms with Crippen LogP contribution in [0.2, 0.25) is 0 Å². The first-order valence-corrected chi connectivity index (χ1v) is 9.35. The van der Waals surface area contributed by atoms with Gasteiger partial charge < -0.3 is 14.7 Å². The molecule has 3 fully saturated rings. The Balaban J connectivity index is 1.67. The van der Waals surface area contributed by atoms with E-state index in [1.807, 2.05) is 6.07 Å². The summed E-state index contributed by atoms with van der Waals surface area (Å²) in [5.41, 5.74) is -0.915. The molecule has 2 atom stereocenters. The molecule has 5 nitrogen and oxygen atoms in total. The topological polar surface area (TPSA) is 66.8 Å². The average molecular weight is 361 g/mol. The number of likely N-dealkylation sites (tertiary alicyclic amines) is 1. The fraction of sp³-hybridized carbons (Fsp3) is 0.600. The van der Waals surface area contributed by atoms with E-state index in [2.05, 4.69) is 0 Å². The first kappa shape index (κ1) is 17.5. The van der Waals surface area contributed by atoms with Crippen LogP contribution in [0.1, 0.15) is 37.7 Å². The lowest BCUT2D eigenvalue weighted by atomic mass is 9.74. The smallest absolute Gasteiger partial charge is 0.311 e. The van der Waals surface area contributed by atoms with E-state index >= 15 is 0 Å². The lowest BCUT2D eigenvalue weighted by Gasteiger charge is -2.35. The van der Waals surface area contributed by atoms with Gasteiger partial charge in [0, 0.05) is 25.6 Å². The molecule has 3 aliphatic rings. The van der Waals surface area contributed by atoms with Gasteiger partial charge in [0.2, 0.25) is 5.91 Å². The molecular formula is C20H24FNO4. The predicted molar refractivity (Wildman–Crippen MR) is 92.1 cm³/mol. The Kier molecular flexibility index (Phi) is 4.26. The number of rotatable bonds is 3. The van der Waals surface area contributed by atoms with Crippen molar-refractivity contribution in [1.29, 1.82) is 0 Å². The second-order valence-corrected chi connectivity index (χ2v) is 7.97. The van der Waals surface area contributed by atoms with E-state index in [0.29, 0.717) is 39.0 Å². The van der Waals surface area contributed by atoms with Gasteiger partial charge in [-0.3, -0.25) is 9.59 Å². The van der Waals surface area contributed by atoms with Gasteiger partial charge in [0.1, 0.15) is 5.82 Å². The van der Waals surface area contributed by atoms with Gasteiger partial charge in [0.05, 0.1) is 17.4 Å². The first-order valence-electron chi connectivity index (χ1n) is 9.35. The Morgan fingerprint density at radius 3 is 2.65 bits per heavy atom. The van der Waals surface area contributed by atoms with Crippen molar-refractivity contribution in [1.82, 2.24) is 4.90 Å². The predicted octanol–water partition coefficient (Wildman–Crippen LogP) is 2.59. The largest absolute Gasteiger partial charge is 0.481 e. The van der Waals surface area contributed by atoms with Crippen LogP contribution in [0, 0.1) is 17.2 Å². The van der Waals surface area contributed by atoms with Gasteiger partial charge in [0.25, 0.3) is 0 Å². The molecule has 26 heavy (non-hydrogen) atoms. The Morgan fingerprint density at radius 2 is 2.00 bits per heavy atom. The Bertz CT molecular complexity index is 730. The van der Waals surface area contributed by atoms with E-state index in [-0.39, 0.29) is 24.2 Å². The second-order valence-electron chi connectivity index (χ2n) is 7.97. The number of hydrogen-bond acceptors (Lipinski definition) is 3. The molecule has 0 spiro atoms. The minimum absolute atomic E-state index is 0.0457. The summed E-state index contributed by atoms with van der Waals surface area (Å²) in [5.74, 6) is -1.40. The third-order valence-corrected chi connectivity index (χ3v) is 6.66. The number of halogens is 1. The molecule has 1 aromatic rings. The third-order valence-electron chi connectivity index (χ3n) is 6.66. The zero-order valence-electron chi connectivity index (χ0n) is 14.7. The maximum atomic E-state index is 13.8. The number of carbonyl (C=O) groups is 2. The van der Waals surface area contributed by atoms with E-state index in [1.165, 1.54) is 12.1 Å². The van der Waals surface area contributed by atoms with Crippen LogP contribution in [-0.2, 0) is 19.7 Å². The number of hydrogen-bond donors (Lipinski definition) is 1. The second kappa shape index (κ2) is 6.34. The molecule has 2 saturated heterocycles. The number of nitrogens with zero attached hydrogens (tertiary/aromatic N) is 1. The Hall–Kier alpha value is -1.95. The molecule has 0 unspecified atom stereocenters. The number of carbonyl (C=O) groups excluding carboxylic acids is 1. The standard InChI is InChI=1S/C20H24FNO4/c21-16-5-3-4-14(10-16)19(6-1-2-7-19)17(23)22-11-15-12-26-9-8-20(15,13-22)18(24)25/h3-5,10,15H,1-2,6-9,11-13H2,(H,24,25)/t15-,20+/m0/s1. The Morgan fingerprint density at radius 1 is 1.23 bits per heavy atom. The average Bonchev–Trinajstić information content (AvgIpc) is 3.27. The van der Waals surface area contributed by atoms with Gasteiger partial charge in [-0.25, -0.2) is 4.39 Å². The third kappa shape index (κ3) is 2.54. The van der Waals surface area contributed by atoms with Crippen molar-refractivity contribution in [2.24, 2.45) is 11.3 Å². The van der Waals surface area contributed by atoms with Gasteiger partial charge in [-0.15, -0.1) is 0 Å². The van der Waals surface area contributed by atoms with Crippen molar-refractivity contribution < 1.29 is 23.8 Å². The summed E-state index contributed by atoms with van der Waals surface area (Å²) in [6, 6.07) is 6.32. The van der Waals surface area contributed by atoms with Crippen LogP contribution < -0.4 is 0 Å². The van der Waals surface area contributed by atoms with Crippen molar-refractivity contribution in [3.63, 3.8) is 0 Å².